The number of unbranched alkanes of at least 4 members (excludes halogenated alkanes) is 2. The molecule has 3 aromatic carbocycles. The Labute approximate surface area is 797 Å². The molecule has 3 aliphatic rings. The number of para-hydroxylation sites is 2. The molecule has 0 aliphatic carbocycles. The molecule has 0 bridgehead atoms. The van der Waals surface area contributed by atoms with Crippen molar-refractivity contribution in [3.8, 4) is 5.75 Å². The Bertz CT molecular complexity index is 5420. The minimum Gasteiger partial charge on any atom is -0.508 e. The minimum atomic E-state index is -1.88. The maximum atomic E-state index is 15.8. The summed E-state index contributed by atoms with van der Waals surface area (Å²) in [6.07, 6.45) is -1.57. The number of amides is 18. The van der Waals surface area contributed by atoms with Crippen LogP contribution in [0.2, 0.25) is 0 Å². The SMILES string of the molecule is CCCC[C@H]1C(=O)N(C)[C@@H](CCCC)C(=O)N[C@@H](CCC(=O)O)C(=O)N[C@H](C(=O)NCC(N)=O)CSCC(=O)N[C@@H](Cc2ccc(O)cc2)C(=O)N(C)[C@@H](C)C(=O)N[C@@H](CC(N)=O)C(=O)N2CCC[C@H]2C(=O)N[C@@H](Cc2cnc[nH]2)C(=O)N[C@@H](CCC(N)=O)C(=O)N2C[C@H](O)C[C@H]2C(=O)N[C@@H](Cc2c[nH]c3ccccc23)C(=O)N[C@@H](CCC(=O)O)C(=O)N[C@@H](Cc2c[nH]c3ccccc23)C(=O)N1C. The van der Waals surface area contributed by atoms with E-state index in [-0.39, 0.29) is 69.4 Å². The number of nitrogens with two attached hydrogens (primary N) is 3. The number of primary amides is 3. The first-order valence-electron chi connectivity index (χ1n) is 45.5. The van der Waals surface area contributed by atoms with Crippen molar-refractivity contribution in [2.45, 2.75) is 240 Å². The zero-order valence-electron chi connectivity index (χ0n) is 77.4. The lowest BCUT2D eigenvalue weighted by Gasteiger charge is -2.36. The maximum Gasteiger partial charge on any atom is 0.303 e. The second-order valence-electron chi connectivity index (χ2n) is 34.6. The summed E-state index contributed by atoms with van der Waals surface area (Å²) in [6.45, 7) is 3.23. The van der Waals surface area contributed by atoms with Gasteiger partial charge in [0.15, 0.2) is 0 Å². The van der Waals surface area contributed by atoms with E-state index < -0.39 is 298 Å². The molecule has 6 aromatic rings. The van der Waals surface area contributed by atoms with Crippen LogP contribution in [0.1, 0.15) is 146 Å². The van der Waals surface area contributed by atoms with Gasteiger partial charge in [0.2, 0.25) is 106 Å². The monoisotopic (exact) mass is 1940 g/mol. The van der Waals surface area contributed by atoms with Crippen LogP contribution in [0.25, 0.3) is 21.8 Å². The number of nitrogens with zero attached hydrogens (tertiary/aromatic N) is 6. The number of hydrogen-bond acceptors (Lipinski definition) is 24. The summed E-state index contributed by atoms with van der Waals surface area (Å²) in [4.78, 5) is 306. The number of aliphatic hydroxyl groups excluding tert-OH is 1. The average Bonchev–Trinajstić information content (AvgIpc) is 1.61. The predicted molar refractivity (Wildman–Crippen MR) is 496 cm³/mol. The number of aliphatic carboxylic acids is 2. The molecule has 0 unspecified atom stereocenters. The van der Waals surface area contributed by atoms with Crippen LogP contribution in [-0.4, -0.2) is 326 Å². The quantitative estimate of drug-likeness (QED) is 0.0230. The molecule has 15 atom stereocenters. The molecule has 746 valence electrons. The second kappa shape index (κ2) is 50.9. The van der Waals surface area contributed by atoms with Gasteiger partial charge in [-0.3, -0.25) is 95.9 Å². The summed E-state index contributed by atoms with van der Waals surface area (Å²) >= 11 is 0.687. The molecule has 3 aliphatic heterocycles. The molecule has 9 rings (SSSR count). The molecule has 18 amide bonds. The molecule has 46 nitrogen and oxygen atoms in total. The number of phenolic OH excluding ortho intramolecular Hbond substituents is 1. The minimum absolute atomic E-state index is 0.0874. The van der Waals surface area contributed by atoms with Crippen molar-refractivity contribution < 1.29 is 116 Å². The Morgan fingerprint density at radius 2 is 0.993 bits per heavy atom. The number of rotatable bonds is 28. The van der Waals surface area contributed by atoms with Crippen molar-refractivity contribution in [1.29, 1.82) is 0 Å². The predicted octanol–water partition coefficient (Wildman–Crippen LogP) is -3.24. The molecule has 3 aromatic heterocycles. The first-order chi connectivity index (χ1) is 65.6. The molecular formula is C91H122N22O24S. The van der Waals surface area contributed by atoms with Gasteiger partial charge in [-0.1, -0.05) is 88.1 Å². The van der Waals surface area contributed by atoms with E-state index in [4.69, 9.17) is 17.2 Å². The number of carboxylic acids is 2. The molecule has 0 radical (unpaired) electrons. The number of carboxylic acid groups (broad SMARTS) is 2. The number of H-pyrrole nitrogens is 3. The Hall–Kier alpha value is -14.5. The number of likely N-dealkylation sites (N-methyl/N-ethyl adjacent to an activating group) is 3. The Balaban J connectivity index is 1.12. The summed E-state index contributed by atoms with van der Waals surface area (Å²) in [5.74, 6) is -22.9. The Morgan fingerprint density at radius 3 is 1.57 bits per heavy atom. The number of nitrogens with one attached hydrogen (secondary N) is 13. The molecule has 0 saturated carbocycles. The zero-order chi connectivity index (χ0) is 101. The van der Waals surface area contributed by atoms with Gasteiger partial charge in [-0.25, -0.2) is 4.98 Å². The number of imidazole rings is 1. The van der Waals surface area contributed by atoms with E-state index in [0.717, 1.165) is 24.5 Å². The molecule has 47 heteroatoms. The Morgan fingerprint density at radius 1 is 0.493 bits per heavy atom. The number of carbonyl (C=O) groups excluding carboxylic acids is 18. The molecule has 138 heavy (non-hydrogen) atoms. The number of aliphatic hydroxyl groups is 1. The molecule has 23 N–H and O–H groups in total. The van der Waals surface area contributed by atoms with Crippen molar-refractivity contribution in [3.05, 3.63) is 120 Å². The first-order valence-corrected chi connectivity index (χ1v) is 46.6. The highest BCUT2D eigenvalue weighted by atomic mass is 32.2. The second-order valence-corrected chi connectivity index (χ2v) is 35.6. The Kier molecular flexibility index (Phi) is 39.5. The summed E-state index contributed by atoms with van der Waals surface area (Å²) in [7, 11) is 3.72. The summed E-state index contributed by atoms with van der Waals surface area (Å²) in [6, 6.07) is -4.39. The van der Waals surface area contributed by atoms with Crippen molar-refractivity contribution >= 4 is 152 Å². The van der Waals surface area contributed by atoms with Crippen molar-refractivity contribution in [2.24, 2.45) is 17.2 Å². The van der Waals surface area contributed by atoms with E-state index in [9.17, 15) is 78.0 Å². The van der Waals surface area contributed by atoms with Crippen LogP contribution in [-0.2, 0) is 122 Å². The van der Waals surface area contributed by atoms with Gasteiger partial charge in [0, 0.05) is 137 Å². The maximum absolute atomic E-state index is 15.8. The van der Waals surface area contributed by atoms with E-state index >= 15 is 38.4 Å². The number of thioether (sulfide) groups is 1. The zero-order valence-corrected chi connectivity index (χ0v) is 78.2. The lowest BCUT2D eigenvalue weighted by atomic mass is 9.99. The van der Waals surface area contributed by atoms with E-state index in [1.807, 2.05) is 0 Å². The van der Waals surface area contributed by atoms with Crippen molar-refractivity contribution in [1.82, 2.24) is 97.6 Å². The standard InChI is InChI=1S/C91H122N22O24S/c1-7-9-20-68-84(130)102-60(29-32-77(122)123)81(127)108-67(79(125)98-43-74(94)118)45-138-46-75(119)100-64(34-49-23-25-53(114)26-24-49)87(133)109(4)48(3)78(124)106-66(39-73(93)117)90(136)112-33-15-22-69(112)85(131)105-63(37-52-42-95-47-99-52)83(129)103-61(27-30-72(92)116)89(135)113-44-54(115)38-71(113)86(132)104-62(35-50-40-96-57-18-13-11-16-55(50)57)82(128)101-59(28-31-76(120)121)80(126)107-65(36-51-41-97-58-19-14-12-17-56(51)58)88(134)111(6)70(21-10-8-2)91(137)110(68)5/h11-14,16-19,23-26,40-42,47-48,54,59-71,96-97,114-115H,7-10,15,20-22,27-39,43-46H2,1-6H3,(H2,92,116)(H2,93,117)(H2,94,118)(H,95,99)(H,98,125)(H,100,119)(H,101,128)(H,102,130)(H,103,129)(H,104,132)(H,105,131)(H,106,124)(H,107,126)(H,108,127)(H,120,121)(H,122,123)/t48-,54+,59-,60-,61-,62-,63-,64-,65-,66-,67-,68-,69-,70-,71-/m0/s1. The van der Waals surface area contributed by atoms with Gasteiger partial charge in [-0.05, 0) is 92.8 Å². The van der Waals surface area contributed by atoms with E-state index in [2.05, 4.69) is 73.1 Å². The number of hydrogen-bond donors (Lipinski definition) is 20. The van der Waals surface area contributed by atoms with Crippen LogP contribution in [0.3, 0.4) is 0 Å². The third-order valence-electron chi connectivity index (χ3n) is 24.4. The number of aromatic nitrogens is 4. The smallest absolute Gasteiger partial charge is 0.303 e. The van der Waals surface area contributed by atoms with Gasteiger partial charge in [-0.2, -0.15) is 0 Å². The average molecular weight is 1940 g/mol. The third-order valence-corrected chi connectivity index (χ3v) is 25.5. The normalized spacial score (nSPS) is 24.4. The first kappa shape index (κ1) is 107. The van der Waals surface area contributed by atoms with Gasteiger partial charge in [-0.15, -0.1) is 11.8 Å². The fourth-order valence-electron chi connectivity index (χ4n) is 16.7. The highest BCUT2D eigenvalue weighted by Crippen LogP contribution is 2.28. The van der Waals surface area contributed by atoms with E-state index in [1.54, 1.807) is 68.6 Å². The molecular weight excluding hydrogens is 1820 g/mol. The largest absolute Gasteiger partial charge is 0.508 e. The number of fused-ring (bicyclic) bond motifs is 4. The van der Waals surface area contributed by atoms with E-state index in [1.165, 1.54) is 71.1 Å². The number of carbonyl (C=O) groups is 20. The van der Waals surface area contributed by atoms with Crippen LogP contribution in [0.15, 0.2) is 97.7 Å². The lowest BCUT2D eigenvalue weighted by molar-refractivity contribution is -0.149. The van der Waals surface area contributed by atoms with Crippen LogP contribution in [0.5, 0.6) is 5.75 Å². The van der Waals surface area contributed by atoms with Crippen molar-refractivity contribution in [3.63, 3.8) is 0 Å². The van der Waals surface area contributed by atoms with Crippen LogP contribution < -0.4 is 70.4 Å². The summed E-state index contributed by atoms with van der Waals surface area (Å²) < 4.78 is 0. The number of aromatic hydroxyl groups is 1. The fourth-order valence-corrected chi connectivity index (χ4v) is 17.6. The van der Waals surface area contributed by atoms with Gasteiger partial charge >= 0.3 is 11.9 Å². The summed E-state index contributed by atoms with van der Waals surface area (Å²) in [5.41, 5.74) is 19.3. The highest BCUT2D eigenvalue weighted by Gasteiger charge is 2.47. The van der Waals surface area contributed by atoms with Crippen LogP contribution >= 0.6 is 11.8 Å². The number of phenols is 1. The van der Waals surface area contributed by atoms with Gasteiger partial charge in [0.1, 0.15) is 90.3 Å². The molecule has 3 fully saturated rings. The van der Waals surface area contributed by atoms with E-state index in [0.29, 0.717) is 63.1 Å². The van der Waals surface area contributed by atoms with Crippen LogP contribution in [0, 0.1) is 0 Å². The molecule has 0 spiro atoms. The topological polar surface area (TPSA) is 697 Å². The highest BCUT2D eigenvalue weighted by molar-refractivity contribution is 8.00. The number of aromatic amines is 3. The number of benzene rings is 3. The van der Waals surface area contributed by atoms with Gasteiger partial charge < -0.3 is 130 Å². The van der Waals surface area contributed by atoms with Gasteiger partial charge in [0.05, 0.1) is 31.1 Å². The third kappa shape index (κ3) is 30.0. The summed E-state index contributed by atoms with van der Waals surface area (Å²) in [5, 5.41) is 68.7. The molecule has 6 heterocycles. The molecule has 3 saturated heterocycles. The van der Waals surface area contributed by atoms with Crippen molar-refractivity contribution in [2.75, 3.05) is 52.3 Å². The lowest BCUT2D eigenvalue weighted by Crippen LogP contribution is -2.61. The fraction of sp³-hybridized carbons (Fsp3) is 0.505. The van der Waals surface area contributed by atoms with Crippen LogP contribution in [0.4, 0.5) is 0 Å². The van der Waals surface area contributed by atoms with Gasteiger partial charge in [0.25, 0.3) is 0 Å².